The van der Waals surface area contributed by atoms with E-state index >= 15 is 0 Å². The molecule has 0 bridgehead atoms. The van der Waals surface area contributed by atoms with Crippen LogP contribution in [0.3, 0.4) is 0 Å². The van der Waals surface area contributed by atoms with Gasteiger partial charge in [-0.2, -0.15) is 0 Å². The van der Waals surface area contributed by atoms with Gasteiger partial charge in [-0.05, 0) is 44.0 Å². The first-order valence-electron chi connectivity index (χ1n) is 9.41. The number of nitrogens with zero attached hydrogens (tertiary/aromatic N) is 1. The number of nitrogens with one attached hydrogen (secondary N) is 1. The van der Waals surface area contributed by atoms with Crippen molar-refractivity contribution in [3.05, 3.63) is 65.0 Å². The molecule has 0 radical (unpaired) electrons. The van der Waals surface area contributed by atoms with Gasteiger partial charge in [0.05, 0.1) is 15.8 Å². The molecule has 0 saturated carbocycles. The first-order valence-corrected chi connectivity index (χ1v) is 11.8. The Bertz CT molecular complexity index is 1100. The lowest BCUT2D eigenvalue weighted by Crippen LogP contribution is -2.15. The molecule has 0 atom stereocenters. The highest BCUT2D eigenvalue weighted by molar-refractivity contribution is 7.92. The quantitative estimate of drug-likeness (QED) is 0.573. The van der Waals surface area contributed by atoms with Crippen LogP contribution in [0.15, 0.2) is 59.5 Å². The lowest BCUT2D eigenvalue weighted by Gasteiger charge is -2.08. The topological polar surface area (TPSA) is 76.1 Å². The molecular weight excluding hydrogens is 404 g/mol. The average molecular weight is 429 g/mol. The van der Waals surface area contributed by atoms with E-state index in [0.717, 1.165) is 16.1 Å². The number of amides is 1. The molecular formula is C22H24N2O3S2. The van der Waals surface area contributed by atoms with E-state index in [9.17, 15) is 13.2 Å². The fraction of sp³-hybridized carbons (Fsp3) is 0.273. The van der Waals surface area contributed by atoms with E-state index in [2.05, 4.69) is 24.1 Å². The van der Waals surface area contributed by atoms with E-state index in [1.807, 2.05) is 30.3 Å². The highest BCUT2D eigenvalue weighted by Crippen LogP contribution is 2.36. The number of hydrogen-bond acceptors (Lipinski definition) is 5. The summed E-state index contributed by atoms with van der Waals surface area (Å²) in [6.07, 6.45) is 0. The molecule has 1 aromatic heterocycles. The number of thiazole rings is 1. The molecule has 0 aliphatic rings. The normalized spacial score (nSPS) is 11.8. The van der Waals surface area contributed by atoms with Crippen molar-refractivity contribution in [1.29, 1.82) is 0 Å². The maximum Gasteiger partial charge on any atom is 0.257 e. The number of hydrogen-bond donors (Lipinski definition) is 1. The van der Waals surface area contributed by atoms with Gasteiger partial charge in [-0.25, -0.2) is 13.4 Å². The van der Waals surface area contributed by atoms with E-state index in [-0.39, 0.29) is 16.7 Å². The second-order valence-corrected chi connectivity index (χ2v) is 10.9. The molecule has 29 heavy (non-hydrogen) atoms. The van der Waals surface area contributed by atoms with Gasteiger partial charge in [0.1, 0.15) is 0 Å². The number of sulfone groups is 1. The Balaban J connectivity index is 1.84. The van der Waals surface area contributed by atoms with Gasteiger partial charge in [-0.1, -0.05) is 44.2 Å². The summed E-state index contributed by atoms with van der Waals surface area (Å²) in [5.74, 6) is -0.0453. The summed E-state index contributed by atoms with van der Waals surface area (Å²) < 4.78 is 24.5. The van der Waals surface area contributed by atoms with Gasteiger partial charge in [0, 0.05) is 16.0 Å². The average Bonchev–Trinajstić information content (AvgIpc) is 3.12. The maximum atomic E-state index is 12.6. The number of aromatic nitrogens is 1. The lowest BCUT2D eigenvalue weighted by atomic mass is 10.1. The van der Waals surface area contributed by atoms with Crippen molar-refractivity contribution >= 4 is 32.2 Å². The summed E-state index contributed by atoms with van der Waals surface area (Å²) in [5, 5.41) is 2.86. The molecule has 7 heteroatoms. The van der Waals surface area contributed by atoms with Gasteiger partial charge < -0.3 is 0 Å². The monoisotopic (exact) mass is 428 g/mol. The van der Waals surface area contributed by atoms with Gasteiger partial charge in [0.2, 0.25) is 0 Å². The summed E-state index contributed by atoms with van der Waals surface area (Å²) in [4.78, 5) is 18.6. The van der Waals surface area contributed by atoms with Crippen molar-refractivity contribution in [3.8, 4) is 11.3 Å². The third-order valence-corrected chi connectivity index (χ3v) is 7.95. The molecule has 152 valence electrons. The zero-order chi connectivity index (χ0) is 21.2. The van der Waals surface area contributed by atoms with Gasteiger partial charge in [-0.15, -0.1) is 11.3 Å². The zero-order valence-corrected chi connectivity index (χ0v) is 18.5. The fourth-order valence-electron chi connectivity index (χ4n) is 2.82. The van der Waals surface area contributed by atoms with E-state index in [1.165, 1.54) is 35.6 Å². The molecule has 1 heterocycles. The van der Waals surface area contributed by atoms with E-state index in [0.29, 0.717) is 10.7 Å². The van der Waals surface area contributed by atoms with Crippen LogP contribution >= 0.6 is 11.3 Å². The highest BCUT2D eigenvalue weighted by Gasteiger charge is 2.20. The number of benzene rings is 2. The Hall–Kier alpha value is -2.51. The molecule has 0 aliphatic heterocycles. The SMILES string of the molecule is CC(C)c1sc(NC(=O)c2ccc(S(=O)(=O)C(C)C)cc2)nc1-c1ccccc1. The molecule has 0 spiro atoms. The Kier molecular flexibility index (Phi) is 6.19. The van der Waals surface area contributed by atoms with Crippen LogP contribution in [0.5, 0.6) is 0 Å². The van der Waals surface area contributed by atoms with Gasteiger partial charge in [-0.3, -0.25) is 10.1 Å². The van der Waals surface area contributed by atoms with Gasteiger partial charge >= 0.3 is 0 Å². The molecule has 0 aliphatic carbocycles. The fourth-order valence-corrected chi connectivity index (χ4v) is 4.86. The van der Waals surface area contributed by atoms with Crippen LogP contribution in [0, 0.1) is 0 Å². The molecule has 1 amide bonds. The van der Waals surface area contributed by atoms with Crippen LogP contribution in [0.4, 0.5) is 5.13 Å². The Morgan fingerprint density at radius 1 is 0.966 bits per heavy atom. The molecule has 5 nitrogen and oxygen atoms in total. The minimum Gasteiger partial charge on any atom is -0.298 e. The molecule has 3 aromatic rings. The van der Waals surface area contributed by atoms with Crippen LogP contribution < -0.4 is 5.32 Å². The van der Waals surface area contributed by atoms with Crippen LogP contribution in [0.2, 0.25) is 0 Å². The minimum absolute atomic E-state index is 0.215. The first-order chi connectivity index (χ1) is 13.7. The van der Waals surface area contributed by atoms with Crippen molar-refractivity contribution in [2.45, 2.75) is 43.8 Å². The Morgan fingerprint density at radius 2 is 1.59 bits per heavy atom. The van der Waals surface area contributed by atoms with Crippen molar-refractivity contribution in [3.63, 3.8) is 0 Å². The largest absolute Gasteiger partial charge is 0.298 e. The van der Waals surface area contributed by atoms with E-state index in [4.69, 9.17) is 0 Å². The van der Waals surface area contributed by atoms with Gasteiger partial charge in [0.15, 0.2) is 15.0 Å². The van der Waals surface area contributed by atoms with Crippen LogP contribution in [-0.4, -0.2) is 24.6 Å². The predicted octanol–water partition coefficient (Wildman–Crippen LogP) is 5.37. The smallest absolute Gasteiger partial charge is 0.257 e. The number of anilines is 1. The lowest BCUT2D eigenvalue weighted by molar-refractivity contribution is 0.102. The van der Waals surface area contributed by atoms with E-state index in [1.54, 1.807) is 13.8 Å². The van der Waals surface area contributed by atoms with Crippen molar-refractivity contribution in [1.82, 2.24) is 4.98 Å². The number of carbonyl (C=O) groups excluding carboxylic acids is 1. The van der Waals surface area contributed by atoms with Crippen LogP contribution in [0.25, 0.3) is 11.3 Å². The molecule has 0 fully saturated rings. The molecule has 0 unspecified atom stereocenters. The van der Waals surface area contributed by atoms with Crippen LogP contribution in [0.1, 0.15) is 48.8 Å². The van der Waals surface area contributed by atoms with Crippen molar-refractivity contribution < 1.29 is 13.2 Å². The maximum absolute atomic E-state index is 12.6. The minimum atomic E-state index is -3.36. The number of rotatable bonds is 6. The summed E-state index contributed by atoms with van der Waals surface area (Å²) in [6.45, 7) is 7.46. The summed E-state index contributed by atoms with van der Waals surface area (Å²) in [6, 6.07) is 15.9. The predicted molar refractivity (Wildman–Crippen MR) is 118 cm³/mol. The molecule has 0 saturated heterocycles. The first kappa shape index (κ1) is 21.2. The second kappa shape index (κ2) is 8.47. The third-order valence-electron chi connectivity index (χ3n) is 4.51. The summed E-state index contributed by atoms with van der Waals surface area (Å²) in [7, 11) is -3.36. The van der Waals surface area contributed by atoms with Crippen molar-refractivity contribution in [2.75, 3.05) is 5.32 Å². The number of carbonyl (C=O) groups is 1. The standard InChI is InChI=1S/C22H24N2O3S2/c1-14(2)20-19(16-8-6-5-7-9-16)23-22(28-20)24-21(25)17-10-12-18(13-11-17)29(26,27)15(3)4/h5-15H,1-4H3,(H,23,24,25). The Morgan fingerprint density at radius 3 is 2.14 bits per heavy atom. The van der Waals surface area contributed by atoms with Gasteiger partial charge in [0.25, 0.3) is 5.91 Å². The summed E-state index contributed by atoms with van der Waals surface area (Å²) in [5.41, 5.74) is 2.27. The van der Waals surface area contributed by atoms with Crippen LogP contribution in [-0.2, 0) is 9.84 Å². The molecule has 3 rings (SSSR count). The highest BCUT2D eigenvalue weighted by atomic mass is 32.2. The zero-order valence-electron chi connectivity index (χ0n) is 16.8. The van der Waals surface area contributed by atoms with E-state index < -0.39 is 15.1 Å². The second-order valence-electron chi connectivity index (χ2n) is 7.32. The molecule has 2 aromatic carbocycles. The summed E-state index contributed by atoms with van der Waals surface area (Å²) >= 11 is 1.46. The third kappa shape index (κ3) is 4.57. The van der Waals surface area contributed by atoms with Crippen molar-refractivity contribution in [2.24, 2.45) is 0 Å². The molecule has 1 N–H and O–H groups in total. The Labute approximate surface area is 175 Å².